The number of benzene rings is 2. The summed E-state index contributed by atoms with van der Waals surface area (Å²) in [4.78, 5) is 29.3. The maximum absolute atomic E-state index is 12.7. The number of para-hydroxylation sites is 1. The molecule has 2 aromatic carbocycles. The van der Waals surface area contributed by atoms with E-state index >= 15 is 0 Å². The molecule has 3 aliphatic heterocycles. The Balaban J connectivity index is 1.21. The standard InChI is InChI=1S/C22H24N4O4/c27-20-22(26(14-24-20)17-4-2-1-3-5-17)8-10-25(11-9-22)21(28)23-13-16-6-7-18-19(12-16)30-15-29-18/h1-7,12H,8-11,13-15H2,(H,23,28)(H,24,27). The van der Waals surface area contributed by atoms with Crippen molar-refractivity contribution in [3.8, 4) is 11.5 Å². The van der Waals surface area contributed by atoms with Crippen LogP contribution in [0.1, 0.15) is 18.4 Å². The Morgan fingerprint density at radius 2 is 1.83 bits per heavy atom. The van der Waals surface area contributed by atoms with Gasteiger partial charge < -0.3 is 29.9 Å². The number of amides is 3. The maximum atomic E-state index is 12.7. The van der Waals surface area contributed by atoms with Crippen LogP contribution in [-0.4, -0.2) is 48.9 Å². The third-order valence-electron chi connectivity index (χ3n) is 6.16. The van der Waals surface area contributed by atoms with E-state index in [1.165, 1.54) is 0 Å². The van der Waals surface area contributed by atoms with Crippen molar-refractivity contribution >= 4 is 17.6 Å². The van der Waals surface area contributed by atoms with Crippen molar-refractivity contribution in [3.63, 3.8) is 0 Å². The second kappa shape index (κ2) is 7.44. The Morgan fingerprint density at radius 3 is 2.63 bits per heavy atom. The van der Waals surface area contributed by atoms with Crippen LogP contribution in [0.4, 0.5) is 10.5 Å². The molecule has 3 amide bonds. The smallest absolute Gasteiger partial charge is 0.317 e. The minimum atomic E-state index is -0.588. The first-order valence-corrected chi connectivity index (χ1v) is 10.2. The van der Waals surface area contributed by atoms with Crippen LogP contribution in [0.5, 0.6) is 11.5 Å². The summed E-state index contributed by atoms with van der Waals surface area (Å²) in [6.07, 6.45) is 1.20. The van der Waals surface area contributed by atoms with Gasteiger partial charge in [0, 0.05) is 25.3 Å². The first-order valence-electron chi connectivity index (χ1n) is 10.2. The van der Waals surface area contributed by atoms with Crippen molar-refractivity contribution < 1.29 is 19.1 Å². The number of ether oxygens (including phenoxy) is 2. The predicted molar refractivity (Wildman–Crippen MR) is 110 cm³/mol. The van der Waals surface area contributed by atoms with Gasteiger partial charge in [0.05, 0.1) is 6.67 Å². The third kappa shape index (κ3) is 3.18. The molecule has 8 heteroatoms. The summed E-state index contributed by atoms with van der Waals surface area (Å²) in [5, 5.41) is 5.96. The van der Waals surface area contributed by atoms with Gasteiger partial charge in [-0.3, -0.25) is 4.79 Å². The second-order valence-corrected chi connectivity index (χ2v) is 7.79. The molecule has 2 N–H and O–H groups in total. The molecule has 8 nitrogen and oxygen atoms in total. The molecule has 0 radical (unpaired) electrons. The van der Waals surface area contributed by atoms with Crippen LogP contribution in [-0.2, 0) is 11.3 Å². The lowest BCUT2D eigenvalue weighted by molar-refractivity contribution is -0.124. The number of rotatable bonds is 3. The average molecular weight is 408 g/mol. The number of carbonyl (C=O) groups excluding carboxylic acids is 2. The van der Waals surface area contributed by atoms with Gasteiger partial charge in [0.25, 0.3) is 0 Å². The summed E-state index contributed by atoms with van der Waals surface area (Å²) < 4.78 is 10.7. The number of urea groups is 1. The number of fused-ring (bicyclic) bond motifs is 1. The first kappa shape index (κ1) is 18.6. The van der Waals surface area contributed by atoms with Crippen molar-refractivity contribution in [1.82, 2.24) is 15.5 Å². The van der Waals surface area contributed by atoms with E-state index in [2.05, 4.69) is 15.5 Å². The van der Waals surface area contributed by atoms with Crippen LogP contribution in [0.2, 0.25) is 0 Å². The van der Waals surface area contributed by atoms with E-state index in [1.807, 2.05) is 48.5 Å². The highest BCUT2D eigenvalue weighted by Crippen LogP contribution is 2.36. The van der Waals surface area contributed by atoms with Crippen molar-refractivity contribution in [1.29, 1.82) is 0 Å². The zero-order chi connectivity index (χ0) is 20.6. The molecule has 156 valence electrons. The van der Waals surface area contributed by atoms with Crippen LogP contribution in [0.25, 0.3) is 0 Å². The summed E-state index contributed by atoms with van der Waals surface area (Å²) in [6.45, 7) is 2.20. The molecular formula is C22H24N4O4. The summed E-state index contributed by atoms with van der Waals surface area (Å²) in [5.74, 6) is 1.48. The SMILES string of the molecule is O=C(NCc1ccc2c(c1)OCO2)N1CCC2(CC1)C(=O)NCN2c1ccccc1. The number of likely N-dealkylation sites (tertiary alicyclic amines) is 1. The fourth-order valence-corrected chi connectivity index (χ4v) is 4.45. The Hall–Kier alpha value is -3.42. The molecule has 0 aliphatic carbocycles. The molecule has 0 saturated carbocycles. The Labute approximate surface area is 174 Å². The molecule has 2 fully saturated rings. The van der Waals surface area contributed by atoms with Crippen molar-refractivity contribution in [2.75, 3.05) is 31.5 Å². The van der Waals surface area contributed by atoms with E-state index in [4.69, 9.17) is 9.47 Å². The van der Waals surface area contributed by atoms with Gasteiger partial charge in [-0.15, -0.1) is 0 Å². The quantitative estimate of drug-likeness (QED) is 0.812. The molecule has 3 heterocycles. The normalized spacial score (nSPS) is 19.1. The van der Waals surface area contributed by atoms with Gasteiger partial charge in [-0.1, -0.05) is 24.3 Å². The summed E-state index contributed by atoms with van der Waals surface area (Å²) in [5.41, 5.74) is 1.39. The van der Waals surface area contributed by atoms with E-state index in [9.17, 15) is 9.59 Å². The van der Waals surface area contributed by atoms with E-state index in [0.717, 1.165) is 17.0 Å². The predicted octanol–water partition coefficient (Wildman–Crippen LogP) is 2.05. The number of piperidine rings is 1. The molecule has 0 atom stereocenters. The van der Waals surface area contributed by atoms with E-state index < -0.39 is 5.54 Å². The minimum absolute atomic E-state index is 0.0479. The van der Waals surface area contributed by atoms with Crippen LogP contribution >= 0.6 is 0 Å². The largest absolute Gasteiger partial charge is 0.454 e. The lowest BCUT2D eigenvalue weighted by atomic mass is 9.85. The van der Waals surface area contributed by atoms with Gasteiger partial charge in [-0.05, 0) is 42.7 Å². The molecule has 0 bridgehead atoms. The van der Waals surface area contributed by atoms with Crippen LogP contribution < -0.4 is 25.0 Å². The summed E-state index contributed by atoms with van der Waals surface area (Å²) in [6, 6.07) is 15.5. The molecule has 30 heavy (non-hydrogen) atoms. The molecule has 2 aromatic rings. The molecule has 0 aromatic heterocycles. The van der Waals surface area contributed by atoms with Gasteiger partial charge in [0.15, 0.2) is 11.5 Å². The van der Waals surface area contributed by atoms with E-state index in [1.54, 1.807) is 4.90 Å². The van der Waals surface area contributed by atoms with Crippen molar-refractivity contribution in [2.24, 2.45) is 0 Å². The summed E-state index contributed by atoms with van der Waals surface area (Å²) in [7, 11) is 0. The first-order chi connectivity index (χ1) is 14.7. The zero-order valence-corrected chi connectivity index (χ0v) is 16.6. The van der Waals surface area contributed by atoms with E-state index in [0.29, 0.717) is 44.9 Å². The van der Waals surface area contributed by atoms with E-state index in [-0.39, 0.29) is 18.7 Å². The average Bonchev–Trinajstić information content (AvgIpc) is 3.38. The highest BCUT2D eigenvalue weighted by atomic mass is 16.7. The lowest BCUT2D eigenvalue weighted by Gasteiger charge is -2.43. The van der Waals surface area contributed by atoms with Gasteiger partial charge >= 0.3 is 6.03 Å². The molecule has 3 aliphatic rings. The number of hydrogen-bond acceptors (Lipinski definition) is 5. The number of anilines is 1. The highest BCUT2D eigenvalue weighted by molar-refractivity contribution is 5.93. The Morgan fingerprint density at radius 1 is 1.07 bits per heavy atom. The Kier molecular flexibility index (Phi) is 4.61. The Bertz CT molecular complexity index is 957. The van der Waals surface area contributed by atoms with Crippen LogP contribution in [0.3, 0.4) is 0 Å². The fourth-order valence-electron chi connectivity index (χ4n) is 4.45. The second-order valence-electron chi connectivity index (χ2n) is 7.79. The van der Waals surface area contributed by atoms with Crippen molar-refractivity contribution in [3.05, 3.63) is 54.1 Å². The highest BCUT2D eigenvalue weighted by Gasteiger charge is 2.50. The van der Waals surface area contributed by atoms with Crippen LogP contribution in [0, 0.1) is 0 Å². The third-order valence-corrected chi connectivity index (χ3v) is 6.16. The summed E-state index contributed by atoms with van der Waals surface area (Å²) >= 11 is 0. The fraction of sp³-hybridized carbons (Fsp3) is 0.364. The number of nitrogens with one attached hydrogen (secondary N) is 2. The van der Waals surface area contributed by atoms with Gasteiger partial charge in [-0.2, -0.15) is 0 Å². The monoisotopic (exact) mass is 408 g/mol. The molecule has 2 saturated heterocycles. The molecule has 5 rings (SSSR count). The number of carbonyl (C=O) groups is 2. The molecular weight excluding hydrogens is 384 g/mol. The molecule has 1 spiro atoms. The van der Waals surface area contributed by atoms with Crippen LogP contribution in [0.15, 0.2) is 48.5 Å². The lowest BCUT2D eigenvalue weighted by Crippen LogP contribution is -2.58. The molecule has 0 unspecified atom stereocenters. The van der Waals surface area contributed by atoms with Gasteiger partial charge in [0.2, 0.25) is 12.7 Å². The van der Waals surface area contributed by atoms with Gasteiger partial charge in [0.1, 0.15) is 5.54 Å². The van der Waals surface area contributed by atoms with Crippen molar-refractivity contribution in [2.45, 2.75) is 24.9 Å². The minimum Gasteiger partial charge on any atom is -0.454 e. The van der Waals surface area contributed by atoms with Gasteiger partial charge in [-0.25, -0.2) is 4.79 Å². The zero-order valence-electron chi connectivity index (χ0n) is 16.6. The number of hydrogen-bond donors (Lipinski definition) is 2. The maximum Gasteiger partial charge on any atom is 0.317 e. The number of nitrogens with zero attached hydrogens (tertiary/aromatic N) is 2. The topological polar surface area (TPSA) is 83.1 Å².